The zero-order chi connectivity index (χ0) is 14.8. The molecule has 0 amide bonds. The molecule has 0 unspecified atom stereocenters. The first-order valence-electron chi connectivity index (χ1n) is 5.47. The molecule has 0 fully saturated rings. The third-order valence-corrected chi connectivity index (χ3v) is 5.21. The molecule has 9 heteroatoms. The monoisotopic (exact) mass is 313 g/mol. The van der Waals surface area contributed by atoms with Crippen molar-refractivity contribution in [1.82, 2.24) is 14.7 Å². The molecular weight excluding hydrogens is 302 g/mol. The minimum Gasteiger partial charge on any atom is -0.478 e. The minimum atomic E-state index is -3.74. The van der Waals surface area contributed by atoms with Crippen molar-refractivity contribution in [3.05, 3.63) is 40.8 Å². The van der Waals surface area contributed by atoms with Crippen LogP contribution in [0.2, 0.25) is 0 Å². The second-order valence-corrected chi connectivity index (χ2v) is 6.84. The van der Waals surface area contributed by atoms with Crippen LogP contribution in [-0.2, 0) is 16.6 Å². The van der Waals surface area contributed by atoms with Crippen molar-refractivity contribution in [3.8, 4) is 0 Å². The molecule has 106 valence electrons. The highest BCUT2D eigenvalue weighted by Crippen LogP contribution is 2.20. The SMILES string of the molecule is Cc1cnc(CNS(=O)(=O)c2cc(C(=O)O)cs2)cn1. The van der Waals surface area contributed by atoms with Gasteiger partial charge < -0.3 is 5.11 Å². The van der Waals surface area contributed by atoms with E-state index in [-0.39, 0.29) is 16.3 Å². The summed E-state index contributed by atoms with van der Waals surface area (Å²) in [6.07, 6.45) is 3.02. The quantitative estimate of drug-likeness (QED) is 0.853. The number of carboxylic acids is 1. The van der Waals surface area contributed by atoms with Crippen LogP contribution in [0.15, 0.2) is 28.0 Å². The molecule has 2 N–H and O–H groups in total. The Kier molecular flexibility index (Phi) is 4.12. The van der Waals surface area contributed by atoms with Gasteiger partial charge in [0.25, 0.3) is 0 Å². The molecule has 0 atom stereocenters. The third-order valence-electron chi connectivity index (χ3n) is 2.36. The first kappa shape index (κ1) is 14.6. The van der Waals surface area contributed by atoms with Crippen molar-refractivity contribution in [2.45, 2.75) is 17.7 Å². The van der Waals surface area contributed by atoms with Gasteiger partial charge in [-0.3, -0.25) is 9.97 Å². The fraction of sp³-hybridized carbons (Fsp3) is 0.182. The molecule has 0 saturated carbocycles. The van der Waals surface area contributed by atoms with Gasteiger partial charge in [0, 0.05) is 11.6 Å². The van der Waals surface area contributed by atoms with Gasteiger partial charge in [-0.25, -0.2) is 17.9 Å². The Bertz CT molecular complexity index is 722. The molecule has 2 aromatic rings. The van der Waals surface area contributed by atoms with Gasteiger partial charge in [-0.1, -0.05) is 0 Å². The van der Waals surface area contributed by atoms with E-state index in [9.17, 15) is 13.2 Å². The number of nitrogens with one attached hydrogen (secondary N) is 1. The fourth-order valence-corrected chi connectivity index (χ4v) is 3.52. The van der Waals surface area contributed by atoms with Gasteiger partial charge in [0.1, 0.15) is 4.21 Å². The molecule has 2 aromatic heterocycles. The number of hydrogen-bond acceptors (Lipinski definition) is 6. The average Bonchev–Trinajstić information content (AvgIpc) is 2.89. The van der Waals surface area contributed by atoms with Gasteiger partial charge in [0.05, 0.1) is 29.7 Å². The Balaban J connectivity index is 2.10. The van der Waals surface area contributed by atoms with Crippen LogP contribution in [0, 0.1) is 6.92 Å². The topological polar surface area (TPSA) is 109 Å². The summed E-state index contributed by atoms with van der Waals surface area (Å²) in [5, 5.41) is 10.1. The normalized spacial score (nSPS) is 11.4. The van der Waals surface area contributed by atoms with Crippen molar-refractivity contribution in [2.75, 3.05) is 0 Å². The number of aryl methyl sites for hydroxylation is 1. The van der Waals surface area contributed by atoms with Crippen LogP contribution < -0.4 is 4.72 Å². The number of carbonyl (C=O) groups is 1. The summed E-state index contributed by atoms with van der Waals surface area (Å²) in [5.74, 6) is -1.16. The Morgan fingerprint density at radius 3 is 2.70 bits per heavy atom. The molecular formula is C11H11N3O4S2. The van der Waals surface area contributed by atoms with E-state index < -0.39 is 16.0 Å². The summed E-state index contributed by atoms with van der Waals surface area (Å²) in [4.78, 5) is 18.8. The molecule has 0 aliphatic carbocycles. The number of thiophene rings is 1. The Labute approximate surface area is 119 Å². The van der Waals surface area contributed by atoms with Crippen molar-refractivity contribution < 1.29 is 18.3 Å². The predicted molar refractivity (Wildman–Crippen MR) is 72.1 cm³/mol. The van der Waals surface area contributed by atoms with Crippen LogP contribution in [0.25, 0.3) is 0 Å². The maximum atomic E-state index is 12.0. The molecule has 0 radical (unpaired) electrons. The van der Waals surface area contributed by atoms with Gasteiger partial charge in [0.15, 0.2) is 0 Å². The summed E-state index contributed by atoms with van der Waals surface area (Å²) >= 11 is 0.855. The highest BCUT2D eigenvalue weighted by atomic mass is 32.2. The molecule has 2 rings (SSSR count). The lowest BCUT2D eigenvalue weighted by Gasteiger charge is -2.04. The van der Waals surface area contributed by atoms with E-state index in [0.29, 0.717) is 5.69 Å². The molecule has 0 spiro atoms. The first-order chi connectivity index (χ1) is 9.38. The number of aromatic carboxylic acids is 1. The molecule has 0 aliphatic heterocycles. The standard InChI is InChI=1S/C11H11N3O4S2/c1-7-3-13-9(4-12-7)5-14-20(17,18)10-2-8(6-19-10)11(15)16/h2-4,6,14H,5H2,1H3,(H,15,16). The first-order valence-corrected chi connectivity index (χ1v) is 7.84. The highest BCUT2D eigenvalue weighted by molar-refractivity contribution is 7.91. The molecule has 20 heavy (non-hydrogen) atoms. The number of rotatable bonds is 5. The summed E-state index contributed by atoms with van der Waals surface area (Å²) in [6, 6.07) is 1.12. The van der Waals surface area contributed by atoms with Crippen molar-refractivity contribution in [3.63, 3.8) is 0 Å². The van der Waals surface area contributed by atoms with Gasteiger partial charge in [-0.05, 0) is 13.0 Å². The van der Waals surface area contributed by atoms with Crippen LogP contribution in [0.4, 0.5) is 0 Å². The summed E-state index contributed by atoms with van der Waals surface area (Å²) in [5.41, 5.74) is 1.17. The van der Waals surface area contributed by atoms with Crippen LogP contribution in [0.3, 0.4) is 0 Å². The summed E-state index contributed by atoms with van der Waals surface area (Å²) < 4.78 is 26.2. The highest BCUT2D eigenvalue weighted by Gasteiger charge is 2.18. The maximum absolute atomic E-state index is 12.0. The van der Waals surface area contributed by atoms with E-state index in [0.717, 1.165) is 23.1 Å². The van der Waals surface area contributed by atoms with E-state index in [1.165, 1.54) is 17.8 Å². The van der Waals surface area contributed by atoms with Crippen LogP contribution in [0.1, 0.15) is 21.7 Å². The molecule has 0 aromatic carbocycles. The van der Waals surface area contributed by atoms with Crippen molar-refractivity contribution >= 4 is 27.3 Å². The number of sulfonamides is 1. The Morgan fingerprint density at radius 1 is 1.40 bits per heavy atom. The van der Waals surface area contributed by atoms with Crippen molar-refractivity contribution in [1.29, 1.82) is 0 Å². The summed E-state index contributed by atoms with van der Waals surface area (Å²) in [7, 11) is -3.74. The van der Waals surface area contributed by atoms with E-state index in [4.69, 9.17) is 5.11 Å². The summed E-state index contributed by atoms with van der Waals surface area (Å²) in [6.45, 7) is 1.77. The molecule has 0 saturated heterocycles. The largest absolute Gasteiger partial charge is 0.478 e. The van der Waals surface area contributed by atoms with Gasteiger partial charge in [-0.2, -0.15) is 0 Å². The van der Waals surface area contributed by atoms with Crippen LogP contribution in [-0.4, -0.2) is 29.5 Å². The zero-order valence-electron chi connectivity index (χ0n) is 10.4. The van der Waals surface area contributed by atoms with E-state index in [1.807, 2.05) is 0 Å². The third kappa shape index (κ3) is 3.38. The Morgan fingerprint density at radius 2 is 2.15 bits per heavy atom. The van der Waals surface area contributed by atoms with Gasteiger partial charge in [0.2, 0.25) is 10.0 Å². The maximum Gasteiger partial charge on any atom is 0.336 e. The molecule has 0 bridgehead atoms. The van der Waals surface area contributed by atoms with E-state index >= 15 is 0 Å². The van der Waals surface area contributed by atoms with Gasteiger partial charge >= 0.3 is 5.97 Å². The minimum absolute atomic E-state index is 0.00405. The smallest absolute Gasteiger partial charge is 0.336 e. The van der Waals surface area contributed by atoms with Crippen LogP contribution >= 0.6 is 11.3 Å². The second-order valence-electron chi connectivity index (χ2n) is 3.93. The number of carboxylic acid groups (broad SMARTS) is 1. The molecule has 7 nitrogen and oxygen atoms in total. The molecule has 2 heterocycles. The van der Waals surface area contributed by atoms with E-state index in [1.54, 1.807) is 6.92 Å². The van der Waals surface area contributed by atoms with E-state index in [2.05, 4.69) is 14.7 Å². The average molecular weight is 313 g/mol. The number of hydrogen-bond donors (Lipinski definition) is 2. The second kappa shape index (κ2) is 5.65. The predicted octanol–water partition coefficient (Wildman–Crippen LogP) is 1.02. The molecule has 0 aliphatic rings. The lowest BCUT2D eigenvalue weighted by molar-refractivity contribution is 0.0697. The van der Waals surface area contributed by atoms with Crippen LogP contribution in [0.5, 0.6) is 0 Å². The number of aromatic nitrogens is 2. The zero-order valence-corrected chi connectivity index (χ0v) is 12.0. The lowest BCUT2D eigenvalue weighted by Crippen LogP contribution is -2.23. The lowest BCUT2D eigenvalue weighted by atomic mass is 10.4. The van der Waals surface area contributed by atoms with Crippen molar-refractivity contribution in [2.24, 2.45) is 0 Å². The fourth-order valence-electron chi connectivity index (χ4n) is 1.32. The van der Waals surface area contributed by atoms with Gasteiger partial charge in [-0.15, -0.1) is 11.3 Å². The number of nitrogens with zero attached hydrogens (tertiary/aromatic N) is 2. The Hall–Kier alpha value is -1.84.